The lowest BCUT2D eigenvalue weighted by Gasteiger charge is -2.06. The van der Waals surface area contributed by atoms with Gasteiger partial charge in [0.15, 0.2) is 0 Å². The van der Waals surface area contributed by atoms with Gasteiger partial charge < -0.3 is 11.1 Å². The Morgan fingerprint density at radius 2 is 2.32 bits per heavy atom. The third kappa shape index (κ3) is 3.69. The average molecular weight is 280 g/mol. The third-order valence-corrected chi connectivity index (χ3v) is 2.80. The maximum atomic E-state index is 11.8. The molecule has 2 aromatic rings. The van der Waals surface area contributed by atoms with Crippen molar-refractivity contribution < 1.29 is 4.79 Å². The van der Waals surface area contributed by atoms with Gasteiger partial charge in [0.2, 0.25) is 0 Å². The number of nitrogen functional groups attached to an aromatic ring is 1. The topological polar surface area (TPSA) is 85.8 Å². The molecule has 3 N–H and O–H groups in total. The minimum atomic E-state index is -0.322. The van der Waals surface area contributed by atoms with Gasteiger partial charge in [-0.15, -0.1) is 0 Å². The molecule has 2 aromatic heterocycles. The summed E-state index contributed by atoms with van der Waals surface area (Å²) in [6.45, 7) is 1.26. The second-order valence-corrected chi connectivity index (χ2v) is 4.35. The standard InChI is InChI=1S/C12H14ClN5O/c13-9-3-4-10(14)17-11(9)12(19)15-5-1-7-18-8-2-6-16-18/h2-4,6,8H,1,5,7H2,(H2,14,17)(H,15,19). The van der Waals surface area contributed by atoms with Crippen molar-refractivity contribution in [2.24, 2.45) is 0 Å². The molecular formula is C12H14ClN5O. The summed E-state index contributed by atoms with van der Waals surface area (Å²) in [4.78, 5) is 15.8. The molecule has 0 aliphatic heterocycles. The normalized spacial score (nSPS) is 10.4. The van der Waals surface area contributed by atoms with Gasteiger partial charge in [-0.2, -0.15) is 5.10 Å². The van der Waals surface area contributed by atoms with Crippen molar-refractivity contribution in [2.75, 3.05) is 12.3 Å². The van der Waals surface area contributed by atoms with Crippen LogP contribution in [0.2, 0.25) is 5.02 Å². The summed E-state index contributed by atoms with van der Waals surface area (Å²) in [5.41, 5.74) is 5.68. The Hall–Kier alpha value is -2.08. The second-order valence-electron chi connectivity index (χ2n) is 3.95. The quantitative estimate of drug-likeness (QED) is 0.809. The molecular weight excluding hydrogens is 266 g/mol. The highest BCUT2D eigenvalue weighted by molar-refractivity contribution is 6.33. The van der Waals surface area contributed by atoms with Crippen LogP contribution in [-0.2, 0) is 6.54 Å². The number of aryl methyl sites for hydroxylation is 1. The van der Waals surface area contributed by atoms with Gasteiger partial charge in [0, 0.05) is 25.5 Å². The Morgan fingerprint density at radius 3 is 3.05 bits per heavy atom. The fourth-order valence-electron chi connectivity index (χ4n) is 1.58. The number of nitrogens with zero attached hydrogens (tertiary/aromatic N) is 3. The summed E-state index contributed by atoms with van der Waals surface area (Å²) in [6.07, 6.45) is 4.36. The van der Waals surface area contributed by atoms with Crippen molar-refractivity contribution in [2.45, 2.75) is 13.0 Å². The van der Waals surface area contributed by atoms with Crippen LogP contribution in [-0.4, -0.2) is 27.2 Å². The van der Waals surface area contributed by atoms with Crippen molar-refractivity contribution in [3.63, 3.8) is 0 Å². The van der Waals surface area contributed by atoms with Gasteiger partial charge in [-0.3, -0.25) is 9.48 Å². The van der Waals surface area contributed by atoms with Crippen molar-refractivity contribution in [3.05, 3.63) is 41.3 Å². The highest BCUT2D eigenvalue weighted by Gasteiger charge is 2.11. The molecule has 0 saturated carbocycles. The van der Waals surface area contributed by atoms with E-state index in [1.807, 2.05) is 12.3 Å². The summed E-state index contributed by atoms with van der Waals surface area (Å²) < 4.78 is 1.80. The van der Waals surface area contributed by atoms with E-state index in [1.165, 1.54) is 0 Å². The highest BCUT2D eigenvalue weighted by atomic mass is 35.5. The number of halogens is 1. The smallest absolute Gasteiger partial charge is 0.271 e. The van der Waals surface area contributed by atoms with Crippen LogP contribution in [0.5, 0.6) is 0 Å². The molecule has 0 aliphatic rings. The first-order valence-corrected chi connectivity index (χ1v) is 6.22. The summed E-state index contributed by atoms with van der Waals surface area (Å²) in [5, 5.41) is 7.11. The molecule has 2 heterocycles. The first-order valence-electron chi connectivity index (χ1n) is 5.84. The number of aromatic nitrogens is 3. The van der Waals surface area contributed by atoms with Crippen molar-refractivity contribution in [1.29, 1.82) is 0 Å². The molecule has 0 bridgehead atoms. The van der Waals surface area contributed by atoms with Gasteiger partial charge in [0.25, 0.3) is 5.91 Å². The zero-order chi connectivity index (χ0) is 13.7. The van der Waals surface area contributed by atoms with Crippen molar-refractivity contribution in [1.82, 2.24) is 20.1 Å². The summed E-state index contributed by atoms with van der Waals surface area (Å²) in [5.74, 6) is -0.0520. The van der Waals surface area contributed by atoms with E-state index in [0.717, 1.165) is 13.0 Å². The molecule has 19 heavy (non-hydrogen) atoms. The van der Waals surface area contributed by atoms with Gasteiger partial charge in [0.05, 0.1) is 5.02 Å². The Labute approximate surface area is 115 Å². The van der Waals surface area contributed by atoms with E-state index in [2.05, 4.69) is 15.4 Å². The molecule has 1 amide bonds. The molecule has 0 atom stereocenters. The van der Waals surface area contributed by atoms with Gasteiger partial charge in [0.1, 0.15) is 11.5 Å². The van der Waals surface area contributed by atoms with E-state index < -0.39 is 0 Å². The molecule has 0 fully saturated rings. The Kier molecular flexibility index (Phi) is 4.35. The number of amides is 1. The summed E-state index contributed by atoms with van der Waals surface area (Å²) >= 11 is 5.89. The molecule has 0 saturated heterocycles. The molecule has 0 radical (unpaired) electrons. The van der Waals surface area contributed by atoms with E-state index in [1.54, 1.807) is 23.0 Å². The SMILES string of the molecule is Nc1ccc(Cl)c(C(=O)NCCCn2cccn2)n1. The second kappa shape index (κ2) is 6.19. The lowest BCUT2D eigenvalue weighted by Crippen LogP contribution is -2.26. The lowest BCUT2D eigenvalue weighted by molar-refractivity contribution is 0.0948. The zero-order valence-corrected chi connectivity index (χ0v) is 11.0. The molecule has 6 nitrogen and oxygen atoms in total. The maximum absolute atomic E-state index is 11.8. The molecule has 0 spiro atoms. The number of pyridine rings is 1. The van der Waals surface area contributed by atoms with E-state index in [4.69, 9.17) is 17.3 Å². The van der Waals surface area contributed by atoms with E-state index in [0.29, 0.717) is 11.6 Å². The van der Waals surface area contributed by atoms with Crippen LogP contribution < -0.4 is 11.1 Å². The number of carbonyl (C=O) groups excluding carboxylic acids is 1. The largest absolute Gasteiger partial charge is 0.384 e. The van der Waals surface area contributed by atoms with E-state index in [9.17, 15) is 4.79 Å². The number of nitrogens with two attached hydrogens (primary N) is 1. The van der Waals surface area contributed by atoms with Gasteiger partial charge in [-0.25, -0.2) is 4.98 Å². The summed E-state index contributed by atoms with van der Waals surface area (Å²) in [6, 6.07) is 4.97. The van der Waals surface area contributed by atoms with Gasteiger partial charge in [-0.05, 0) is 24.6 Å². The van der Waals surface area contributed by atoms with Gasteiger partial charge >= 0.3 is 0 Å². The minimum absolute atomic E-state index is 0.153. The van der Waals surface area contributed by atoms with Crippen molar-refractivity contribution in [3.8, 4) is 0 Å². The molecule has 2 rings (SSSR count). The number of anilines is 1. The third-order valence-electron chi connectivity index (χ3n) is 2.49. The molecule has 0 aliphatic carbocycles. The predicted octanol–water partition coefficient (Wildman–Crippen LogP) is 1.33. The van der Waals surface area contributed by atoms with Crippen LogP contribution in [0.3, 0.4) is 0 Å². The monoisotopic (exact) mass is 279 g/mol. The molecule has 100 valence electrons. The Balaban J connectivity index is 1.82. The fraction of sp³-hybridized carbons (Fsp3) is 0.250. The number of carbonyl (C=O) groups is 1. The van der Waals surface area contributed by atoms with Crippen LogP contribution in [0.15, 0.2) is 30.6 Å². The summed E-state index contributed by atoms with van der Waals surface area (Å²) in [7, 11) is 0. The number of nitrogens with one attached hydrogen (secondary N) is 1. The van der Waals surface area contributed by atoms with Crippen LogP contribution in [0.25, 0.3) is 0 Å². The fourth-order valence-corrected chi connectivity index (χ4v) is 1.77. The van der Waals surface area contributed by atoms with E-state index in [-0.39, 0.29) is 17.4 Å². The van der Waals surface area contributed by atoms with Crippen LogP contribution in [0, 0.1) is 0 Å². The highest BCUT2D eigenvalue weighted by Crippen LogP contribution is 2.14. The number of hydrogen-bond acceptors (Lipinski definition) is 4. The Bertz CT molecular complexity index is 555. The van der Waals surface area contributed by atoms with Crippen LogP contribution >= 0.6 is 11.6 Å². The number of hydrogen-bond donors (Lipinski definition) is 2. The first-order chi connectivity index (χ1) is 9.16. The first kappa shape index (κ1) is 13.4. The average Bonchev–Trinajstić information content (AvgIpc) is 2.90. The van der Waals surface area contributed by atoms with Crippen LogP contribution in [0.1, 0.15) is 16.9 Å². The van der Waals surface area contributed by atoms with Gasteiger partial charge in [-0.1, -0.05) is 11.6 Å². The number of rotatable bonds is 5. The minimum Gasteiger partial charge on any atom is -0.384 e. The van der Waals surface area contributed by atoms with Crippen molar-refractivity contribution >= 4 is 23.3 Å². The molecule has 0 aromatic carbocycles. The maximum Gasteiger partial charge on any atom is 0.271 e. The lowest BCUT2D eigenvalue weighted by atomic mass is 10.3. The molecule has 7 heteroatoms. The van der Waals surface area contributed by atoms with Crippen LogP contribution in [0.4, 0.5) is 5.82 Å². The predicted molar refractivity (Wildman–Crippen MR) is 72.8 cm³/mol. The molecule has 0 unspecified atom stereocenters. The van der Waals surface area contributed by atoms with E-state index >= 15 is 0 Å². The zero-order valence-electron chi connectivity index (χ0n) is 10.2. The Morgan fingerprint density at radius 1 is 1.47 bits per heavy atom.